The van der Waals surface area contributed by atoms with Crippen molar-refractivity contribution in [3.63, 3.8) is 0 Å². The predicted molar refractivity (Wildman–Crippen MR) is 59.6 cm³/mol. The van der Waals surface area contributed by atoms with Crippen molar-refractivity contribution in [3.05, 3.63) is 29.8 Å². The van der Waals surface area contributed by atoms with Gasteiger partial charge in [-0.3, -0.25) is 0 Å². The van der Waals surface area contributed by atoms with E-state index in [1.54, 1.807) is 6.92 Å². The van der Waals surface area contributed by atoms with E-state index >= 15 is 0 Å². The Kier molecular flexibility index (Phi) is 4.21. The van der Waals surface area contributed by atoms with E-state index in [1.165, 1.54) is 0 Å². The minimum Gasteiger partial charge on any atom is -0.207 e. The smallest absolute Gasteiger partial charge is 0.207 e. The van der Waals surface area contributed by atoms with Gasteiger partial charge in [-0.1, -0.05) is 12.8 Å². The summed E-state index contributed by atoms with van der Waals surface area (Å²) in [7, 11) is -3.92. The van der Waals surface area contributed by atoms with Gasteiger partial charge in [0, 0.05) is 0 Å². The number of hydrogen-bond donors (Lipinski definition) is 1. The van der Waals surface area contributed by atoms with Gasteiger partial charge in [0.05, 0.1) is 10.9 Å². The molecule has 1 rings (SSSR count). The number of sulfonamides is 1. The molecule has 0 saturated carbocycles. The second kappa shape index (κ2) is 5.25. The molecule has 92 valence electrons. The van der Waals surface area contributed by atoms with Crippen LogP contribution in [0.3, 0.4) is 0 Å². The maximum atomic E-state index is 12.9. The van der Waals surface area contributed by atoms with E-state index in [0.29, 0.717) is 12.5 Å². The Morgan fingerprint density at radius 1 is 1.41 bits per heavy atom. The van der Waals surface area contributed by atoms with Gasteiger partial charge in [0.15, 0.2) is 11.6 Å². The molecule has 3 nitrogen and oxygen atoms in total. The van der Waals surface area contributed by atoms with E-state index in [2.05, 4.69) is 10.6 Å². The normalized spacial score (nSPS) is 13.1. The number of terminal acetylenes is 1. The van der Waals surface area contributed by atoms with Crippen LogP contribution in [0.2, 0.25) is 0 Å². The van der Waals surface area contributed by atoms with Crippen LogP contribution in [0, 0.1) is 24.0 Å². The highest BCUT2D eigenvalue weighted by molar-refractivity contribution is 7.89. The summed E-state index contributed by atoms with van der Waals surface area (Å²) in [5.74, 6) is -0.0790. The van der Waals surface area contributed by atoms with E-state index in [4.69, 9.17) is 6.42 Å². The highest BCUT2D eigenvalue weighted by atomic mass is 32.2. The van der Waals surface area contributed by atoms with Crippen LogP contribution in [0.25, 0.3) is 0 Å². The summed E-state index contributed by atoms with van der Waals surface area (Å²) in [5, 5.41) is 0. The Morgan fingerprint density at radius 3 is 2.53 bits per heavy atom. The van der Waals surface area contributed by atoms with Gasteiger partial charge in [0.25, 0.3) is 0 Å². The van der Waals surface area contributed by atoms with Crippen molar-refractivity contribution < 1.29 is 17.2 Å². The van der Waals surface area contributed by atoms with Gasteiger partial charge in [-0.2, -0.15) is 4.72 Å². The van der Waals surface area contributed by atoms with Crippen molar-refractivity contribution in [2.45, 2.75) is 24.3 Å². The van der Waals surface area contributed by atoms with Gasteiger partial charge in [0.1, 0.15) is 0 Å². The molecule has 0 spiro atoms. The highest BCUT2D eigenvalue weighted by Crippen LogP contribution is 2.14. The van der Waals surface area contributed by atoms with Crippen LogP contribution in [0.4, 0.5) is 8.78 Å². The minimum absolute atomic E-state index is 0.356. The van der Waals surface area contributed by atoms with E-state index in [9.17, 15) is 17.2 Å². The number of nitrogens with one attached hydrogen (secondary N) is 1. The molecule has 6 heteroatoms. The molecule has 1 aromatic carbocycles. The summed E-state index contributed by atoms with van der Waals surface area (Å²) in [5.41, 5.74) is 0. The molecule has 0 aliphatic heterocycles. The van der Waals surface area contributed by atoms with Gasteiger partial charge in [-0.15, -0.1) is 6.42 Å². The molecule has 1 atom stereocenters. The van der Waals surface area contributed by atoms with Crippen LogP contribution in [0.1, 0.15) is 13.3 Å². The molecule has 0 fully saturated rings. The lowest BCUT2D eigenvalue weighted by molar-refractivity contribution is 0.504. The molecule has 17 heavy (non-hydrogen) atoms. The van der Waals surface area contributed by atoms with E-state index in [1.807, 2.05) is 0 Å². The first-order valence-electron chi connectivity index (χ1n) is 4.84. The van der Waals surface area contributed by atoms with Crippen molar-refractivity contribution in [2.75, 3.05) is 0 Å². The van der Waals surface area contributed by atoms with Crippen LogP contribution in [0.5, 0.6) is 0 Å². The van der Waals surface area contributed by atoms with Crippen molar-refractivity contribution in [1.82, 2.24) is 4.72 Å². The number of benzene rings is 1. The maximum Gasteiger partial charge on any atom is 0.241 e. The Bertz CT molecular complexity index is 549. The SMILES string of the molecule is C#CC(CC)NS(=O)(=O)c1ccc(F)c(F)c1. The molecule has 0 heterocycles. The third-order valence-electron chi connectivity index (χ3n) is 2.11. The van der Waals surface area contributed by atoms with Crippen molar-refractivity contribution >= 4 is 10.0 Å². The second-order valence-corrected chi connectivity index (χ2v) is 5.04. The quantitative estimate of drug-likeness (QED) is 0.836. The summed E-state index contributed by atoms with van der Waals surface area (Å²) in [6.07, 6.45) is 5.51. The van der Waals surface area contributed by atoms with Crippen molar-refractivity contribution in [2.24, 2.45) is 0 Å². The molecule has 0 aliphatic rings. The standard InChI is InChI=1S/C11H11F2NO2S/c1-3-8(4-2)14-17(15,16)9-5-6-10(12)11(13)7-9/h1,5-8,14H,4H2,2H3. The lowest BCUT2D eigenvalue weighted by atomic mass is 10.3. The summed E-state index contributed by atoms with van der Waals surface area (Å²) in [4.78, 5) is -0.356. The summed E-state index contributed by atoms with van der Waals surface area (Å²) in [6, 6.07) is 1.67. The molecule has 0 radical (unpaired) electrons. The van der Waals surface area contributed by atoms with E-state index in [0.717, 1.165) is 12.1 Å². The molecule has 0 saturated heterocycles. The molecular weight excluding hydrogens is 248 g/mol. The Labute approximate surface area is 98.9 Å². The third-order valence-corrected chi connectivity index (χ3v) is 3.58. The van der Waals surface area contributed by atoms with Crippen LogP contribution in [-0.2, 0) is 10.0 Å². The molecular formula is C11H11F2NO2S. The first kappa shape index (κ1) is 13.6. The highest BCUT2D eigenvalue weighted by Gasteiger charge is 2.19. The molecule has 1 N–H and O–H groups in total. The number of rotatable bonds is 4. The van der Waals surface area contributed by atoms with Crippen molar-refractivity contribution in [1.29, 1.82) is 0 Å². The van der Waals surface area contributed by atoms with E-state index in [-0.39, 0.29) is 4.90 Å². The van der Waals surface area contributed by atoms with Gasteiger partial charge in [0.2, 0.25) is 10.0 Å². The fourth-order valence-corrected chi connectivity index (χ4v) is 2.39. The summed E-state index contributed by atoms with van der Waals surface area (Å²) >= 11 is 0. The first-order valence-corrected chi connectivity index (χ1v) is 6.32. The van der Waals surface area contributed by atoms with Gasteiger partial charge >= 0.3 is 0 Å². The summed E-state index contributed by atoms with van der Waals surface area (Å²) in [6.45, 7) is 1.71. The zero-order valence-corrected chi connectivity index (χ0v) is 9.89. The number of halogens is 2. The number of hydrogen-bond acceptors (Lipinski definition) is 2. The maximum absolute atomic E-state index is 12.9. The summed E-state index contributed by atoms with van der Waals surface area (Å²) < 4.78 is 51.2. The predicted octanol–water partition coefficient (Wildman–Crippen LogP) is 1.65. The lowest BCUT2D eigenvalue weighted by Gasteiger charge is -2.11. The molecule has 0 amide bonds. The lowest BCUT2D eigenvalue weighted by Crippen LogP contribution is -2.33. The van der Waals surface area contributed by atoms with E-state index < -0.39 is 27.7 Å². The average Bonchev–Trinajstić information content (AvgIpc) is 2.29. The zero-order chi connectivity index (χ0) is 13.1. The van der Waals surface area contributed by atoms with Gasteiger partial charge in [-0.05, 0) is 24.6 Å². The molecule has 0 bridgehead atoms. The van der Waals surface area contributed by atoms with Gasteiger partial charge < -0.3 is 0 Å². The third kappa shape index (κ3) is 3.25. The van der Waals surface area contributed by atoms with Crippen LogP contribution < -0.4 is 4.72 Å². The Hall–Kier alpha value is -1.45. The largest absolute Gasteiger partial charge is 0.241 e. The van der Waals surface area contributed by atoms with Gasteiger partial charge in [-0.25, -0.2) is 17.2 Å². The minimum atomic E-state index is -3.92. The van der Waals surface area contributed by atoms with Crippen LogP contribution in [-0.4, -0.2) is 14.5 Å². The Balaban J connectivity index is 3.06. The second-order valence-electron chi connectivity index (χ2n) is 3.32. The molecule has 1 unspecified atom stereocenters. The fraction of sp³-hybridized carbons (Fsp3) is 0.273. The topological polar surface area (TPSA) is 46.2 Å². The first-order chi connectivity index (χ1) is 7.90. The average molecular weight is 259 g/mol. The Morgan fingerprint density at radius 2 is 2.06 bits per heavy atom. The molecule has 0 aliphatic carbocycles. The monoisotopic (exact) mass is 259 g/mol. The van der Waals surface area contributed by atoms with Crippen LogP contribution in [0.15, 0.2) is 23.1 Å². The molecule has 0 aromatic heterocycles. The van der Waals surface area contributed by atoms with Crippen LogP contribution >= 0.6 is 0 Å². The fourth-order valence-electron chi connectivity index (χ4n) is 1.13. The molecule has 1 aromatic rings. The van der Waals surface area contributed by atoms with Crippen molar-refractivity contribution in [3.8, 4) is 12.3 Å². The zero-order valence-electron chi connectivity index (χ0n) is 9.07.